The van der Waals surface area contributed by atoms with Crippen LogP contribution in [0.5, 0.6) is 0 Å². The molecule has 1 saturated carbocycles. The molecule has 0 radical (unpaired) electrons. The lowest BCUT2D eigenvalue weighted by Crippen LogP contribution is -2.43. The van der Waals surface area contributed by atoms with Crippen molar-refractivity contribution in [3.8, 4) is 11.6 Å². The van der Waals surface area contributed by atoms with Crippen molar-refractivity contribution >= 4 is 34.6 Å². The number of carbonyl (C=O) groups excluding carboxylic acids is 2. The Labute approximate surface area is 172 Å². The molecule has 29 heavy (non-hydrogen) atoms. The number of rotatable bonds is 6. The number of hydrogen-bond acceptors (Lipinski definition) is 6. The number of nitrogens with one attached hydrogen (secondary N) is 2. The second-order valence-electron chi connectivity index (χ2n) is 6.95. The first kappa shape index (κ1) is 19.4. The maximum absolute atomic E-state index is 12.1. The highest BCUT2D eigenvalue weighted by atomic mass is 32.2. The smallest absolute Gasteiger partial charge is 0.321 e. The van der Waals surface area contributed by atoms with Crippen molar-refractivity contribution in [2.24, 2.45) is 0 Å². The van der Waals surface area contributed by atoms with Crippen LogP contribution < -0.4 is 10.6 Å². The molecule has 2 heterocycles. The van der Waals surface area contributed by atoms with E-state index in [1.807, 2.05) is 30.3 Å². The number of amides is 3. The fraction of sp³-hybridized carbons (Fsp3) is 0.333. The Morgan fingerprint density at radius 2 is 1.93 bits per heavy atom. The van der Waals surface area contributed by atoms with Crippen molar-refractivity contribution in [2.45, 2.75) is 43.2 Å². The molecule has 0 atom stereocenters. The number of benzene rings is 1. The molecule has 0 aliphatic heterocycles. The van der Waals surface area contributed by atoms with Gasteiger partial charge in [0.2, 0.25) is 5.91 Å². The lowest BCUT2D eigenvalue weighted by atomic mass is 10.2. The molecule has 0 spiro atoms. The van der Waals surface area contributed by atoms with Crippen LogP contribution in [0, 0.1) is 0 Å². The number of fused-ring (bicyclic) bond motifs is 1. The predicted molar refractivity (Wildman–Crippen MR) is 112 cm³/mol. The van der Waals surface area contributed by atoms with Gasteiger partial charge in [0.15, 0.2) is 11.6 Å². The maximum Gasteiger partial charge on any atom is 0.321 e. The van der Waals surface area contributed by atoms with Gasteiger partial charge in [0.25, 0.3) is 0 Å². The minimum absolute atomic E-state index is 0.185. The van der Waals surface area contributed by atoms with Gasteiger partial charge in [-0.1, -0.05) is 31.0 Å². The number of aromatic nitrogens is 2. The van der Waals surface area contributed by atoms with Gasteiger partial charge in [-0.15, -0.1) is 11.8 Å². The molecule has 3 amide bonds. The van der Waals surface area contributed by atoms with E-state index < -0.39 is 6.03 Å². The summed E-state index contributed by atoms with van der Waals surface area (Å²) in [6.45, 7) is 0. The molecule has 150 valence electrons. The molecular formula is C21H22N4O3S. The van der Waals surface area contributed by atoms with Gasteiger partial charge in [0.05, 0.1) is 11.8 Å². The summed E-state index contributed by atoms with van der Waals surface area (Å²) in [5.74, 6) is 1.31. The van der Waals surface area contributed by atoms with E-state index in [0.717, 1.165) is 41.6 Å². The molecule has 2 N–H and O–H groups in total. The number of thioether (sulfide) groups is 1. The van der Waals surface area contributed by atoms with Crippen LogP contribution in [-0.2, 0) is 4.79 Å². The topological polar surface area (TPSA) is 97.1 Å². The Balaban J connectivity index is 1.37. The van der Waals surface area contributed by atoms with Crippen molar-refractivity contribution in [1.82, 2.24) is 20.6 Å². The largest absolute Gasteiger partial charge is 0.461 e. The molecule has 1 fully saturated rings. The molecule has 3 aromatic rings. The zero-order chi connectivity index (χ0) is 20.1. The van der Waals surface area contributed by atoms with Gasteiger partial charge in [-0.2, -0.15) is 0 Å². The van der Waals surface area contributed by atoms with Crippen LogP contribution in [0.25, 0.3) is 22.5 Å². The highest BCUT2D eigenvalue weighted by Crippen LogP contribution is 2.28. The molecule has 0 saturated heterocycles. The highest BCUT2D eigenvalue weighted by Gasteiger charge is 2.18. The molecule has 7 nitrogen and oxygen atoms in total. The monoisotopic (exact) mass is 410 g/mol. The van der Waals surface area contributed by atoms with Crippen LogP contribution in [0.3, 0.4) is 0 Å². The molecule has 1 aliphatic rings. The van der Waals surface area contributed by atoms with Gasteiger partial charge in [0.1, 0.15) is 5.03 Å². The van der Waals surface area contributed by atoms with E-state index in [9.17, 15) is 9.59 Å². The fourth-order valence-corrected chi connectivity index (χ4v) is 4.35. The Morgan fingerprint density at radius 1 is 1.10 bits per heavy atom. The minimum Gasteiger partial charge on any atom is -0.461 e. The molecular weight excluding hydrogens is 388 g/mol. The summed E-state index contributed by atoms with van der Waals surface area (Å²) >= 11 is 1.46. The number of carbonyl (C=O) groups is 2. The summed E-state index contributed by atoms with van der Waals surface area (Å²) in [6, 6.07) is 11.1. The van der Waals surface area contributed by atoms with Gasteiger partial charge < -0.3 is 9.73 Å². The summed E-state index contributed by atoms with van der Waals surface area (Å²) in [5.41, 5.74) is 0.816. The van der Waals surface area contributed by atoms with E-state index in [1.54, 1.807) is 12.3 Å². The Hall–Kier alpha value is -2.87. The number of para-hydroxylation sites is 1. The zero-order valence-corrected chi connectivity index (χ0v) is 16.7. The van der Waals surface area contributed by atoms with Crippen LogP contribution >= 0.6 is 11.8 Å². The summed E-state index contributed by atoms with van der Waals surface area (Å²) < 4.78 is 5.42. The zero-order valence-electron chi connectivity index (χ0n) is 15.9. The van der Waals surface area contributed by atoms with Crippen LogP contribution in [-0.4, -0.2) is 33.7 Å². The maximum atomic E-state index is 12.1. The quantitative estimate of drug-likeness (QED) is 0.468. The third-order valence-electron chi connectivity index (χ3n) is 4.82. The van der Waals surface area contributed by atoms with Crippen LogP contribution in [0.4, 0.5) is 4.79 Å². The van der Waals surface area contributed by atoms with E-state index >= 15 is 0 Å². The van der Waals surface area contributed by atoms with Gasteiger partial charge in [-0.05, 0) is 31.0 Å². The van der Waals surface area contributed by atoms with E-state index in [0.29, 0.717) is 17.3 Å². The minimum atomic E-state index is -0.403. The highest BCUT2D eigenvalue weighted by molar-refractivity contribution is 7.99. The molecule has 4 rings (SSSR count). The number of urea groups is 1. The summed E-state index contributed by atoms with van der Waals surface area (Å²) in [4.78, 5) is 33.2. The molecule has 0 bridgehead atoms. The number of furan rings is 1. The van der Waals surface area contributed by atoms with Crippen LogP contribution in [0.2, 0.25) is 0 Å². The first-order valence-corrected chi connectivity index (χ1v) is 10.7. The van der Waals surface area contributed by atoms with Gasteiger partial charge >= 0.3 is 6.03 Å². The van der Waals surface area contributed by atoms with E-state index in [-0.39, 0.29) is 18.4 Å². The average molecular weight is 410 g/mol. The van der Waals surface area contributed by atoms with Crippen molar-refractivity contribution in [3.05, 3.63) is 42.7 Å². The third-order valence-corrected chi connectivity index (χ3v) is 5.81. The van der Waals surface area contributed by atoms with Crippen LogP contribution in [0.15, 0.2) is 52.1 Å². The van der Waals surface area contributed by atoms with Crippen LogP contribution in [0.1, 0.15) is 32.1 Å². The van der Waals surface area contributed by atoms with Gasteiger partial charge in [-0.25, -0.2) is 14.8 Å². The molecule has 2 aromatic heterocycles. The van der Waals surface area contributed by atoms with Gasteiger partial charge in [0, 0.05) is 23.6 Å². The first-order chi connectivity index (χ1) is 14.2. The number of nitrogens with zero attached hydrogens (tertiary/aromatic N) is 2. The Kier molecular flexibility index (Phi) is 6.09. The Bertz CT molecular complexity index is 1000. The van der Waals surface area contributed by atoms with Crippen molar-refractivity contribution in [3.63, 3.8) is 0 Å². The summed E-state index contributed by atoms with van der Waals surface area (Å²) in [5, 5.41) is 6.98. The molecule has 1 aliphatic carbocycles. The first-order valence-electron chi connectivity index (χ1n) is 9.73. The SMILES string of the molecule is O=C(CCSc1nc(-c2ccco2)nc2ccccc12)NC(=O)NC1CCCC1. The van der Waals surface area contributed by atoms with E-state index in [4.69, 9.17) is 4.42 Å². The molecule has 0 unspecified atom stereocenters. The third kappa shape index (κ3) is 4.95. The van der Waals surface area contributed by atoms with Crippen molar-refractivity contribution < 1.29 is 14.0 Å². The lowest BCUT2D eigenvalue weighted by molar-refractivity contribution is -0.119. The number of hydrogen-bond donors (Lipinski definition) is 2. The normalized spacial score (nSPS) is 14.2. The van der Waals surface area contributed by atoms with Gasteiger partial charge in [-0.3, -0.25) is 10.1 Å². The molecule has 8 heteroatoms. The summed E-state index contributed by atoms with van der Waals surface area (Å²) in [6.07, 6.45) is 6.02. The second kappa shape index (κ2) is 9.09. The summed E-state index contributed by atoms with van der Waals surface area (Å²) in [7, 11) is 0. The lowest BCUT2D eigenvalue weighted by Gasteiger charge is -2.12. The average Bonchev–Trinajstić information content (AvgIpc) is 3.42. The second-order valence-corrected chi connectivity index (χ2v) is 8.03. The Morgan fingerprint density at radius 3 is 2.72 bits per heavy atom. The van der Waals surface area contributed by atoms with E-state index in [2.05, 4.69) is 20.6 Å². The predicted octanol–water partition coefficient (Wildman–Crippen LogP) is 4.14. The standard InChI is InChI=1S/C21H22N4O3S/c26-18(24-21(27)22-14-6-1-2-7-14)11-13-29-20-15-8-3-4-9-16(15)23-19(25-20)17-10-5-12-28-17/h3-5,8-10,12,14H,1-2,6-7,11,13H2,(H2,22,24,26,27). The fourth-order valence-electron chi connectivity index (χ4n) is 3.39. The van der Waals surface area contributed by atoms with E-state index in [1.165, 1.54) is 11.8 Å². The van der Waals surface area contributed by atoms with Crippen molar-refractivity contribution in [1.29, 1.82) is 0 Å². The number of imide groups is 1. The molecule has 1 aromatic carbocycles. The van der Waals surface area contributed by atoms with Crippen molar-refractivity contribution in [2.75, 3.05) is 5.75 Å².